The number of hydrogen-bond acceptors (Lipinski definition) is 4. The molecule has 2 aromatic rings. The third kappa shape index (κ3) is 13.6. The number of amides is 1. The molecule has 0 fully saturated rings. The van der Waals surface area contributed by atoms with E-state index in [1.165, 1.54) is 81.8 Å². The van der Waals surface area contributed by atoms with Gasteiger partial charge in [-0.15, -0.1) is 28.7 Å². The number of carbonyl (C=O) groups is 1. The Kier molecular flexibility index (Phi) is 18.2. The first kappa shape index (κ1) is 38.3. The Morgan fingerprint density at radius 2 is 1.43 bits per heavy atom. The predicted octanol–water partition coefficient (Wildman–Crippen LogP) is 11.6. The zero-order valence-electron chi connectivity index (χ0n) is 28.2. The topological polar surface area (TPSA) is 32.8 Å². The second-order valence-corrected chi connectivity index (χ2v) is 14.0. The lowest BCUT2D eigenvalue weighted by Gasteiger charge is -2.27. The minimum absolute atomic E-state index is 0. The summed E-state index contributed by atoms with van der Waals surface area (Å²) < 4.78 is 6.35. The zero-order valence-corrected chi connectivity index (χ0v) is 30.8. The summed E-state index contributed by atoms with van der Waals surface area (Å²) in [5.41, 5.74) is 4.49. The minimum atomic E-state index is -0.0502. The second kappa shape index (κ2) is 21.0. The average molecular weight is 688 g/mol. The summed E-state index contributed by atoms with van der Waals surface area (Å²) in [4.78, 5) is 17.3. The monoisotopic (exact) mass is 686 g/mol. The van der Waals surface area contributed by atoms with E-state index in [-0.39, 0.29) is 28.3 Å². The molecule has 0 spiro atoms. The van der Waals surface area contributed by atoms with E-state index < -0.39 is 0 Å². The van der Waals surface area contributed by atoms with Crippen LogP contribution in [0.2, 0.25) is 0 Å². The summed E-state index contributed by atoms with van der Waals surface area (Å²) in [6.45, 7) is 13.2. The third-order valence-electron chi connectivity index (χ3n) is 8.29. The highest BCUT2D eigenvalue weighted by Crippen LogP contribution is 2.33. The van der Waals surface area contributed by atoms with Crippen LogP contribution in [0.15, 0.2) is 54.1 Å². The predicted molar refractivity (Wildman–Crippen MR) is 197 cm³/mol. The fraction of sp³-hybridized carbons (Fsp3) is 0.605. The van der Waals surface area contributed by atoms with Gasteiger partial charge in [-0.3, -0.25) is 4.79 Å². The number of halogens is 1. The first-order valence-electron chi connectivity index (χ1n) is 17.0. The van der Waals surface area contributed by atoms with Gasteiger partial charge in [0.05, 0.1) is 19.0 Å². The van der Waals surface area contributed by atoms with Gasteiger partial charge in [0.25, 0.3) is 0 Å². The molecule has 1 aliphatic rings. The fourth-order valence-corrected chi connectivity index (χ4v) is 6.35. The van der Waals surface area contributed by atoms with Crippen molar-refractivity contribution in [2.45, 2.75) is 137 Å². The summed E-state index contributed by atoms with van der Waals surface area (Å²) in [5.74, 6) is 2.11. The molecular weight excluding hydrogens is 628 g/mol. The largest absolute Gasteiger partial charge is 0.493 e. The molecule has 246 valence electrons. The Bertz CT molecular complexity index is 1110. The van der Waals surface area contributed by atoms with E-state index >= 15 is 0 Å². The van der Waals surface area contributed by atoms with Crippen LogP contribution in [-0.4, -0.2) is 23.3 Å². The fourth-order valence-electron chi connectivity index (χ4n) is 5.63. The molecule has 0 aliphatic carbocycles. The maximum absolute atomic E-state index is 13.1. The summed E-state index contributed by atoms with van der Waals surface area (Å²) in [5, 5.41) is 2.14. The van der Waals surface area contributed by atoms with Gasteiger partial charge < -0.3 is 14.5 Å². The summed E-state index contributed by atoms with van der Waals surface area (Å²) in [6, 6.07) is 15.0. The molecule has 0 N–H and O–H groups in total. The Morgan fingerprint density at radius 1 is 0.841 bits per heavy atom. The van der Waals surface area contributed by atoms with Crippen molar-refractivity contribution in [2.24, 2.45) is 0 Å². The molecule has 0 saturated carbocycles. The third-order valence-corrected chi connectivity index (χ3v) is 9.09. The maximum atomic E-state index is 13.1. The number of rotatable bonds is 20. The van der Waals surface area contributed by atoms with Crippen molar-refractivity contribution in [3.05, 3.63) is 70.8 Å². The van der Waals surface area contributed by atoms with Crippen molar-refractivity contribution in [1.82, 2.24) is 4.90 Å². The second-order valence-electron chi connectivity index (χ2n) is 13.1. The van der Waals surface area contributed by atoms with Crippen LogP contribution < -0.4 is 9.64 Å². The van der Waals surface area contributed by atoms with E-state index in [4.69, 9.17) is 4.74 Å². The van der Waals surface area contributed by atoms with E-state index in [2.05, 4.69) is 86.7 Å². The normalized spacial score (nSPS) is 12.8. The van der Waals surface area contributed by atoms with Crippen molar-refractivity contribution in [2.75, 3.05) is 17.4 Å². The molecular formula is C38H59BrN2O2S. The number of thioether (sulfide) groups is 1. The highest BCUT2D eigenvalue weighted by atomic mass is 79.9. The van der Waals surface area contributed by atoms with Crippen LogP contribution in [0.1, 0.15) is 135 Å². The smallest absolute Gasteiger partial charge is 0.227 e. The Labute approximate surface area is 284 Å². The number of hydrogen-bond donors (Lipinski definition) is 0. The molecule has 2 aromatic carbocycles. The number of carbonyl (C=O) groups excluding carboxylic acids is 1. The van der Waals surface area contributed by atoms with Gasteiger partial charge in [0.1, 0.15) is 5.75 Å². The molecule has 0 atom stereocenters. The Morgan fingerprint density at radius 3 is 1.98 bits per heavy atom. The van der Waals surface area contributed by atoms with E-state index in [0.717, 1.165) is 42.4 Å². The lowest BCUT2D eigenvalue weighted by atomic mass is 9.85. The summed E-state index contributed by atoms with van der Waals surface area (Å²) in [6.07, 6.45) is 18.8. The first-order valence-corrected chi connectivity index (χ1v) is 18.0. The van der Waals surface area contributed by atoms with E-state index in [0.29, 0.717) is 13.0 Å². The van der Waals surface area contributed by atoms with Gasteiger partial charge in [0.15, 0.2) is 0 Å². The van der Waals surface area contributed by atoms with Crippen LogP contribution in [0.3, 0.4) is 0 Å². The minimum Gasteiger partial charge on any atom is -0.493 e. The quantitative estimate of drug-likeness (QED) is 0.130. The number of unbranched alkanes of at least 4 members (excludes halogenated alkanes) is 11. The van der Waals surface area contributed by atoms with Crippen molar-refractivity contribution in [3.63, 3.8) is 0 Å². The van der Waals surface area contributed by atoms with E-state index in [9.17, 15) is 4.79 Å². The SMILES string of the molecule is Br.CCCCCCCCCCCCCCOc1ccc(CN(C(=O)CC)c2ccc(CN3C=CSC3)cc2)cc1C(C)(C)C. The molecule has 1 aliphatic heterocycles. The van der Waals surface area contributed by atoms with Crippen LogP contribution >= 0.6 is 28.7 Å². The van der Waals surface area contributed by atoms with Gasteiger partial charge in [-0.2, -0.15) is 0 Å². The first-order chi connectivity index (χ1) is 20.8. The van der Waals surface area contributed by atoms with Gasteiger partial charge in [0.2, 0.25) is 5.91 Å². The highest BCUT2D eigenvalue weighted by Gasteiger charge is 2.22. The van der Waals surface area contributed by atoms with Crippen LogP contribution in [-0.2, 0) is 23.3 Å². The highest BCUT2D eigenvalue weighted by molar-refractivity contribution is 8.93. The molecule has 44 heavy (non-hydrogen) atoms. The van der Waals surface area contributed by atoms with Gasteiger partial charge in [-0.1, -0.05) is 123 Å². The van der Waals surface area contributed by atoms with Gasteiger partial charge in [0, 0.05) is 24.9 Å². The van der Waals surface area contributed by atoms with E-state index in [1.54, 1.807) is 0 Å². The Balaban J connectivity index is 0.00000675. The molecule has 4 nitrogen and oxygen atoms in total. The molecule has 0 radical (unpaired) electrons. The number of benzene rings is 2. The summed E-state index contributed by atoms with van der Waals surface area (Å²) in [7, 11) is 0. The van der Waals surface area contributed by atoms with Crippen molar-refractivity contribution in [3.8, 4) is 5.75 Å². The molecule has 6 heteroatoms. The molecule has 0 aromatic heterocycles. The molecule has 1 amide bonds. The summed E-state index contributed by atoms with van der Waals surface area (Å²) >= 11 is 1.82. The Hall–Kier alpha value is -1.92. The van der Waals surface area contributed by atoms with Crippen molar-refractivity contribution < 1.29 is 9.53 Å². The van der Waals surface area contributed by atoms with Crippen LogP contribution in [0.25, 0.3) is 0 Å². The molecule has 3 rings (SSSR count). The molecule has 0 unspecified atom stereocenters. The van der Waals surface area contributed by atoms with Crippen LogP contribution in [0.4, 0.5) is 5.69 Å². The lowest BCUT2D eigenvalue weighted by molar-refractivity contribution is -0.118. The van der Waals surface area contributed by atoms with Gasteiger partial charge in [-0.25, -0.2) is 0 Å². The van der Waals surface area contributed by atoms with Gasteiger partial charge >= 0.3 is 0 Å². The van der Waals surface area contributed by atoms with E-state index in [1.807, 2.05) is 23.6 Å². The number of nitrogens with zero attached hydrogens (tertiary/aromatic N) is 2. The molecule has 1 heterocycles. The van der Waals surface area contributed by atoms with Gasteiger partial charge in [-0.05, 0) is 58.2 Å². The number of anilines is 1. The molecule has 0 bridgehead atoms. The standard InChI is InChI=1S/C38H58N2O2S.BrH/c1-6-8-9-10-11-12-13-14-15-16-17-18-26-42-36-24-21-33(28-35(36)38(3,4)5)30-40(37(41)7-2)34-22-19-32(20-23-34)29-39-25-27-43-31-39;/h19-25,27-28H,6-18,26,29-31H2,1-5H3;1H. The van der Waals surface area contributed by atoms with Crippen LogP contribution in [0.5, 0.6) is 5.75 Å². The maximum Gasteiger partial charge on any atom is 0.227 e. The van der Waals surface area contributed by atoms with Crippen molar-refractivity contribution in [1.29, 1.82) is 0 Å². The zero-order chi connectivity index (χ0) is 30.9. The number of ether oxygens (including phenoxy) is 1. The van der Waals surface area contributed by atoms with Crippen molar-refractivity contribution >= 4 is 40.3 Å². The van der Waals surface area contributed by atoms with Crippen LogP contribution in [0, 0.1) is 0 Å². The molecule has 0 saturated heterocycles. The lowest BCUT2D eigenvalue weighted by Crippen LogP contribution is -2.30. The average Bonchev–Trinajstić information content (AvgIpc) is 3.51.